The first kappa shape index (κ1) is 14.3. The first-order valence-corrected chi connectivity index (χ1v) is 6.11. The Morgan fingerprint density at radius 3 is 2.83 bits per heavy atom. The molecule has 1 rings (SSSR count). The van der Waals surface area contributed by atoms with Crippen LogP contribution in [0, 0.1) is 17.2 Å². The van der Waals surface area contributed by atoms with Gasteiger partial charge in [-0.1, -0.05) is 11.6 Å². The Morgan fingerprint density at radius 2 is 2.28 bits per heavy atom. The van der Waals surface area contributed by atoms with Crippen molar-refractivity contribution in [1.82, 2.24) is 4.90 Å². The Labute approximate surface area is 112 Å². The molecule has 96 valence electrons. The summed E-state index contributed by atoms with van der Waals surface area (Å²) >= 11 is 5.99. The van der Waals surface area contributed by atoms with Gasteiger partial charge in [-0.05, 0) is 32.0 Å². The second-order valence-electron chi connectivity index (χ2n) is 4.11. The summed E-state index contributed by atoms with van der Waals surface area (Å²) in [6.45, 7) is 4.55. The quantitative estimate of drug-likeness (QED) is 0.851. The van der Waals surface area contributed by atoms with Crippen LogP contribution in [0.1, 0.15) is 24.2 Å². The molecular formula is C13H16ClN3O. The van der Waals surface area contributed by atoms with Gasteiger partial charge in [0.05, 0.1) is 22.6 Å². The molecule has 0 radical (unpaired) electrons. The number of nitrogens with zero attached hydrogens (tertiary/aromatic N) is 2. The van der Waals surface area contributed by atoms with E-state index >= 15 is 0 Å². The fourth-order valence-electron chi connectivity index (χ4n) is 1.60. The molecule has 1 amide bonds. The number of hydrogen-bond donors (Lipinski definition) is 1. The first-order valence-electron chi connectivity index (χ1n) is 5.73. The predicted molar refractivity (Wildman–Crippen MR) is 72.2 cm³/mol. The zero-order valence-corrected chi connectivity index (χ0v) is 11.2. The minimum absolute atomic E-state index is 0.197. The number of carbonyl (C=O) groups excluding carboxylic acids is 1. The average molecular weight is 266 g/mol. The van der Waals surface area contributed by atoms with Crippen LogP contribution >= 0.6 is 11.6 Å². The van der Waals surface area contributed by atoms with Crippen molar-refractivity contribution in [3.05, 3.63) is 28.8 Å². The first-order chi connectivity index (χ1) is 8.49. The highest BCUT2D eigenvalue weighted by atomic mass is 35.5. The molecule has 0 heterocycles. The van der Waals surface area contributed by atoms with E-state index in [0.717, 1.165) is 0 Å². The summed E-state index contributed by atoms with van der Waals surface area (Å²) < 4.78 is 0. The van der Waals surface area contributed by atoms with Gasteiger partial charge in [-0.25, -0.2) is 0 Å². The predicted octanol–water partition coefficient (Wildman–Crippen LogP) is 2.54. The van der Waals surface area contributed by atoms with Crippen molar-refractivity contribution in [2.45, 2.75) is 13.8 Å². The maximum absolute atomic E-state index is 12.3. The SMILES string of the molecule is CCN(CC(C)C#N)C(=O)c1cc(N)ccc1Cl. The van der Waals surface area contributed by atoms with E-state index in [-0.39, 0.29) is 11.8 Å². The summed E-state index contributed by atoms with van der Waals surface area (Å²) in [4.78, 5) is 13.9. The number of nitriles is 1. The van der Waals surface area contributed by atoms with Gasteiger partial charge in [-0.3, -0.25) is 4.79 Å². The topological polar surface area (TPSA) is 70.1 Å². The summed E-state index contributed by atoms with van der Waals surface area (Å²) in [5.41, 5.74) is 6.52. The van der Waals surface area contributed by atoms with Gasteiger partial charge in [0.15, 0.2) is 0 Å². The molecule has 0 aliphatic rings. The molecule has 1 aromatic carbocycles. The third-order valence-electron chi connectivity index (χ3n) is 2.60. The zero-order chi connectivity index (χ0) is 13.7. The van der Waals surface area contributed by atoms with Gasteiger partial charge >= 0.3 is 0 Å². The van der Waals surface area contributed by atoms with Crippen LogP contribution in [0.2, 0.25) is 5.02 Å². The molecule has 0 aliphatic heterocycles. The molecule has 0 saturated heterocycles. The van der Waals surface area contributed by atoms with Crippen molar-refractivity contribution in [1.29, 1.82) is 5.26 Å². The van der Waals surface area contributed by atoms with Crippen molar-refractivity contribution in [3.63, 3.8) is 0 Å². The van der Waals surface area contributed by atoms with Crippen LogP contribution in [0.5, 0.6) is 0 Å². The standard InChI is InChI=1S/C13H16ClN3O/c1-3-17(8-9(2)7-15)13(18)11-6-10(16)4-5-12(11)14/h4-6,9H,3,8,16H2,1-2H3. The minimum atomic E-state index is -0.214. The average Bonchev–Trinajstić information content (AvgIpc) is 2.37. The van der Waals surface area contributed by atoms with Crippen LogP contribution < -0.4 is 5.73 Å². The summed E-state index contributed by atoms with van der Waals surface area (Å²) in [6, 6.07) is 6.92. The Balaban J connectivity index is 2.97. The van der Waals surface area contributed by atoms with Crippen molar-refractivity contribution in [2.24, 2.45) is 5.92 Å². The second kappa shape index (κ2) is 6.27. The molecule has 0 aromatic heterocycles. The lowest BCUT2D eigenvalue weighted by molar-refractivity contribution is 0.0753. The number of nitrogens with two attached hydrogens (primary N) is 1. The Hall–Kier alpha value is -1.73. The fourth-order valence-corrected chi connectivity index (χ4v) is 1.80. The third-order valence-corrected chi connectivity index (χ3v) is 2.93. The van der Waals surface area contributed by atoms with Gasteiger partial charge < -0.3 is 10.6 Å². The number of anilines is 1. The van der Waals surface area contributed by atoms with Gasteiger partial charge in [0, 0.05) is 18.8 Å². The van der Waals surface area contributed by atoms with E-state index < -0.39 is 0 Å². The number of amides is 1. The summed E-state index contributed by atoms with van der Waals surface area (Å²) in [7, 11) is 0. The molecule has 18 heavy (non-hydrogen) atoms. The van der Waals surface area contributed by atoms with Crippen molar-refractivity contribution in [3.8, 4) is 6.07 Å². The lowest BCUT2D eigenvalue weighted by Crippen LogP contribution is -2.34. The van der Waals surface area contributed by atoms with E-state index in [1.807, 2.05) is 6.92 Å². The minimum Gasteiger partial charge on any atom is -0.399 e. The molecule has 0 fully saturated rings. The highest BCUT2D eigenvalue weighted by molar-refractivity contribution is 6.34. The van der Waals surface area contributed by atoms with Crippen LogP contribution in [0.25, 0.3) is 0 Å². The Morgan fingerprint density at radius 1 is 1.61 bits per heavy atom. The maximum Gasteiger partial charge on any atom is 0.255 e. The maximum atomic E-state index is 12.3. The number of rotatable bonds is 4. The summed E-state index contributed by atoms with van der Waals surface area (Å²) in [5, 5.41) is 9.17. The van der Waals surface area contributed by atoms with E-state index in [4.69, 9.17) is 22.6 Å². The van der Waals surface area contributed by atoms with E-state index in [2.05, 4.69) is 6.07 Å². The fraction of sp³-hybridized carbons (Fsp3) is 0.385. The van der Waals surface area contributed by atoms with Crippen LogP contribution in [0.15, 0.2) is 18.2 Å². The molecule has 0 bridgehead atoms. The molecule has 1 atom stereocenters. The normalized spacial score (nSPS) is 11.7. The largest absolute Gasteiger partial charge is 0.399 e. The number of benzene rings is 1. The van der Waals surface area contributed by atoms with Crippen LogP contribution in [0.3, 0.4) is 0 Å². The molecule has 1 aromatic rings. The molecule has 4 nitrogen and oxygen atoms in total. The number of hydrogen-bond acceptors (Lipinski definition) is 3. The van der Waals surface area contributed by atoms with Crippen molar-refractivity contribution < 1.29 is 4.79 Å². The highest BCUT2D eigenvalue weighted by Gasteiger charge is 2.19. The molecule has 0 aliphatic carbocycles. The second-order valence-corrected chi connectivity index (χ2v) is 4.52. The van der Waals surface area contributed by atoms with E-state index in [1.54, 1.807) is 30.0 Å². The van der Waals surface area contributed by atoms with Crippen LogP contribution in [-0.2, 0) is 0 Å². The highest BCUT2D eigenvalue weighted by Crippen LogP contribution is 2.21. The van der Waals surface area contributed by atoms with Crippen molar-refractivity contribution >= 4 is 23.2 Å². The number of nitrogen functional groups attached to an aromatic ring is 1. The monoisotopic (exact) mass is 265 g/mol. The molecule has 5 heteroatoms. The van der Waals surface area contributed by atoms with Gasteiger partial charge in [0.1, 0.15) is 0 Å². The lowest BCUT2D eigenvalue weighted by atomic mass is 10.1. The van der Waals surface area contributed by atoms with Gasteiger partial charge in [-0.15, -0.1) is 0 Å². The summed E-state index contributed by atoms with van der Waals surface area (Å²) in [6.07, 6.45) is 0. The van der Waals surface area contributed by atoms with Crippen molar-refractivity contribution in [2.75, 3.05) is 18.8 Å². The van der Waals surface area contributed by atoms with Crippen LogP contribution in [0.4, 0.5) is 5.69 Å². The Bertz CT molecular complexity index is 482. The lowest BCUT2D eigenvalue weighted by Gasteiger charge is -2.22. The van der Waals surface area contributed by atoms with Gasteiger partial charge in [0.25, 0.3) is 5.91 Å². The van der Waals surface area contributed by atoms with E-state index in [1.165, 1.54) is 0 Å². The number of carbonyl (C=O) groups is 1. The third kappa shape index (κ3) is 3.38. The van der Waals surface area contributed by atoms with Gasteiger partial charge in [-0.2, -0.15) is 5.26 Å². The van der Waals surface area contributed by atoms with E-state index in [0.29, 0.717) is 29.4 Å². The molecule has 0 saturated carbocycles. The summed E-state index contributed by atoms with van der Waals surface area (Å²) in [5.74, 6) is -0.411. The molecule has 2 N–H and O–H groups in total. The number of halogens is 1. The molecule has 1 unspecified atom stereocenters. The van der Waals surface area contributed by atoms with E-state index in [9.17, 15) is 4.79 Å². The smallest absolute Gasteiger partial charge is 0.255 e. The van der Waals surface area contributed by atoms with Gasteiger partial charge in [0.2, 0.25) is 0 Å². The van der Waals surface area contributed by atoms with Crippen LogP contribution in [-0.4, -0.2) is 23.9 Å². The molecule has 0 spiro atoms. The zero-order valence-electron chi connectivity index (χ0n) is 10.5. The Kier molecular flexibility index (Phi) is 4.99. The molecular weight excluding hydrogens is 250 g/mol.